The molecule has 7 heteroatoms. The zero-order valence-electron chi connectivity index (χ0n) is 21.2. The van der Waals surface area contributed by atoms with Gasteiger partial charge in [0.25, 0.3) is 5.69 Å². The van der Waals surface area contributed by atoms with Gasteiger partial charge in [-0.15, -0.1) is 0 Å². The van der Waals surface area contributed by atoms with Crippen molar-refractivity contribution in [2.45, 2.75) is 51.0 Å². The highest BCUT2D eigenvalue weighted by atomic mass is 16.6. The zero-order valence-corrected chi connectivity index (χ0v) is 21.2. The van der Waals surface area contributed by atoms with Crippen LogP contribution in [0.1, 0.15) is 55.7 Å². The molecule has 194 valence electrons. The number of anilines is 1. The van der Waals surface area contributed by atoms with Gasteiger partial charge in [0.15, 0.2) is 5.78 Å². The zero-order chi connectivity index (χ0) is 26.5. The fourth-order valence-electron chi connectivity index (χ4n) is 5.60. The van der Waals surface area contributed by atoms with Crippen LogP contribution in [0.15, 0.2) is 85.1 Å². The normalized spacial score (nSPS) is 14.7. The summed E-state index contributed by atoms with van der Waals surface area (Å²) in [6.07, 6.45) is 7.77. The molecule has 1 aliphatic carbocycles. The van der Waals surface area contributed by atoms with Crippen LogP contribution in [0.25, 0.3) is 10.9 Å². The van der Waals surface area contributed by atoms with Crippen molar-refractivity contribution in [3.8, 4) is 0 Å². The summed E-state index contributed by atoms with van der Waals surface area (Å²) in [4.78, 5) is 43.8. The second-order valence-electron chi connectivity index (χ2n) is 10.1. The molecule has 3 aromatic carbocycles. The molecular formula is C31H31N3O4. The number of fused-ring (bicyclic) bond motifs is 1. The molecule has 1 amide bonds. The van der Waals surface area contributed by atoms with E-state index in [2.05, 4.69) is 4.98 Å². The standard InChI is InChI=1S/C31H31N3O4/c35-29(19-22-9-3-1-4-10-22)31(23-15-17-26(18-16-23)34(37)38)33(25-11-5-2-6-12-25)30(36)20-24-21-32-28-14-8-7-13-27(24)28/h2,5-8,11-18,21-22,31-32H,1,3-4,9-10,19-20H2. The predicted molar refractivity (Wildman–Crippen MR) is 148 cm³/mol. The second kappa shape index (κ2) is 11.4. The van der Waals surface area contributed by atoms with E-state index in [0.717, 1.165) is 42.1 Å². The monoisotopic (exact) mass is 509 g/mol. The van der Waals surface area contributed by atoms with E-state index < -0.39 is 11.0 Å². The Labute approximate surface area is 221 Å². The van der Waals surface area contributed by atoms with Gasteiger partial charge in [-0.25, -0.2) is 0 Å². The highest BCUT2D eigenvalue weighted by Crippen LogP contribution is 2.35. The second-order valence-corrected chi connectivity index (χ2v) is 10.1. The highest BCUT2D eigenvalue weighted by molar-refractivity contribution is 6.04. The number of carbonyl (C=O) groups excluding carboxylic acids is 2. The van der Waals surface area contributed by atoms with Crippen LogP contribution in [0.2, 0.25) is 0 Å². The first-order chi connectivity index (χ1) is 18.5. The summed E-state index contributed by atoms with van der Waals surface area (Å²) in [5, 5.41) is 12.3. The molecule has 4 aromatic rings. The van der Waals surface area contributed by atoms with Gasteiger partial charge in [0.2, 0.25) is 5.91 Å². The van der Waals surface area contributed by atoms with Gasteiger partial charge in [0.05, 0.1) is 11.3 Å². The molecule has 0 radical (unpaired) electrons. The maximum atomic E-state index is 14.1. The minimum atomic E-state index is -0.877. The van der Waals surface area contributed by atoms with E-state index in [9.17, 15) is 19.7 Å². The van der Waals surface area contributed by atoms with Crippen LogP contribution < -0.4 is 4.90 Å². The van der Waals surface area contributed by atoms with E-state index in [-0.39, 0.29) is 29.7 Å². The first-order valence-electron chi connectivity index (χ1n) is 13.2. The van der Waals surface area contributed by atoms with Crippen LogP contribution in [0.5, 0.6) is 0 Å². The Morgan fingerprint density at radius 3 is 2.32 bits per heavy atom. The number of hydrogen-bond acceptors (Lipinski definition) is 4. The lowest BCUT2D eigenvalue weighted by Crippen LogP contribution is -2.40. The van der Waals surface area contributed by atoms with Gasteiger partial charge in [-0.1, -0.05) is 68.5 Å². The van der Waals surface area contributed by atoms with Gasteiger partial charge in [-0.3, -0.25) is 24.6 Å². The van der Waals surface area contributed by atoms with Crippen LogP contribution in [-0.2, 0) is 16.0 Å². The maximum absolute atomic E-state index is 14.1. The van der Waals surface area contributed by atoms with Crippen LogP contribution >= 0.6 is 0 Å². The SMILES string of the molecule is O=C(CC1CCCCC1)C(c1ccc([N+](=O)[O-])cc1)N(C(=O)Cc1c[nH]c2ccccc12)c1ccccc1. The number of carbonyl (C=O) groups is 2. The molecule has 7 nitrogen and oxygen atoms in total. The summed E-state index contributed by atoms with van der Waals surface area (Å²) in [6.45, 7) is 0. The van der Waals surface area contributed by atoms with Gasteiger partial charge >= 0.3 is 0 Å². The molecule has 38 heavy (non-hydrogen) atoms. The Morgan fingerprint density at radius 2 is 1.61 bits per heavy atom. The number of rotatable bonds is 9. The smallest absolute Gasteiger partial charge is 0.269 e. The van der Waals surface area contributed by atoms with E-state index in [0.29, 0.717) is 17.7 Å². The molecule has 5 rings (SSSR count). The number of H-pyrrole nitrogens is 1. The van der Waals surface area contributed by atoms with Gasteiger partial charge < -0.3 is 4.98 Å². The summed E-state index contributed by atoms with van der Waals surface area (Å²) in [6, 6.07) is 22.2. The summed E-state index contributed by atoms with van der Waals surface area (Å²) >= 11 is 0. The van der Waals surface area contributed by atoms with Crippen molar-refractivity contribution in [3.05, 3.63) is 106 Å². The molecule has 1 saturated carbocycles. The number of nitro groups is 1. The number of non-ortho nitro benzene ring substituents is 1. The first-order valence-corrected chi connectivity index (χ1v) is 13.2. The topological polar surface area (TPSA) is 96.3 Å². The number of benzene rings is 3. The van der Waals surface area contributed by atoms with Crippen molar-refractivity contribution in [1.29, 1.82) is 0 Å². The maximum Gasteiger partial charge on any atom is 0.269 e. The van der Waals surface area contributed by atoms with E-state index in [4.69, 9.17) is 0 Å². The molecular weight excluding hydrogens is 478 g/mol. The molecule has 1 fully saturated rings. The van der Waals surface area contributed by atoms with E-state index in [1.807, 2.05) is 60.8 Å². The fraction of sp³-hybridized carbons (Fsp3) is 0.290. The number of amides is 1. The predicted octanol–water partition coefficient (Wildman–Crippen LogP) is 6.93. The average molecular weight is 510 g/mol. The molecule has 1 atom stereocenters. The molecule has 1 unspecified atom stereocenters. The third kappa shape index (κ3) is 5.52. The van der Waals surface area contributed by atoms with Crippen molar-refractivity contribution in [2.75, 3.05) is 4.90 Å². The van der Waals surface area contributed by atoms with E-state index >= 15 is 0 Å². The number of nitrogens with zero attached hydrogens (tertiary/aromatic N) is 2. The minimum absolute atomic E-state index is 0.0399. The number of nitro benzene ring substituents is 1. The number of aromatic amines is 1. The molecule has 1 aromatic heterocycles. The minimum Gasteiger partial charge on any atom is -0.361 e. The third-order valence-corrected chi connectivity index (χ3v) is 7.52. The van der Waals surface area contributed by atoms with E-state index in [1.165, 1.54) is 18.6 Å². The molecule has 0 aliphatic heterocycles. The Balaban J connectivity index is 1.55. The lowest BCUT2D eigenvalue weighted by Gasteiger charge is -2.33. The molecule has 0 bridgehead atoms. The van der Waals surface area contributed by atoms with Crippen LogP contribution in [-0.4, -0.2) is 21.6 Å². The molecule has 1 aliphatic rings. The van der Waals surface area contributed by atoms with Crippen molar-refractivity contribution in [1.82, 2.24) is 4.98 Å². The first kappa shape index (κ1) is 25.4. The van der Waals surface area contributed by atoms with Gasteiger partial charge in [0.1, 0.15) is 6.04 Å². The molecule has 0 spiro atoms. The van der Waals surface area contributed by atoms with Crippen LogP contribution in [0, 0.1) is 16.0 Å². The van der Waals surface area contributed by atoms with Gasteiger partial charge in [-0.2, -0.15) is 0 Å². The average Bonchev–Trinajstić information content (AvgIpc) is 3.35. The van der Waals surface area contributed by atoms with Crippen LogP contribution in [0.4, 0.5) is 11.4 Å². The Bertz CT molecular complexity index is 1420. The number of nitrogens with one attached hydrogen (secondary N) is 1. The highest BCUT2D eigenvalue weighted by Gasteiger charge is 2.34. The Kier molecular flexibility index (Phi) is 7.63. The van der Waals surface area contributed by atoms with Crippen molar-refractivity contribution < 1.29 is 14.5 Å². The molecule has 1 N–H and O–H groups in total. The lowest BCUT2D eigenvalue weighted by atomic mass is 9.83. The van der Waals surface area contributed by atoms with Gasteiger partial charge in [0, 0.05) is 41.3 Å². The Morgan fingerprint density at radius 1 is 0.921 bits per heavy atom. The third-order valence-electron chi connectivity index (χ3n) is 7.52. The summed E-state index contributed by atoms with van der Waals surface area (Å²) in [5.74, 6) is 0.0429. The molecule has 0 saturated heterocycles. The summed E-state index contributed by atoms with van der Waals surface area (Å²) in [7, 11) is 0. The van der Waals surface area contributed by atoms with Crippen molar-refractivity contribution >= 4 is 34.0 Å². The van der Waals surface area contributed by atoms with Gasteiger partial charge in [-0.05, 0) is 47.4 Å². The number of hydrogen-bond donors (Lipinski definition) is 1. The summed E-state index contributed by atoms with van der Waals surface area (Å²) < 4.78 is 0. The van der Waals surface area contributed by atoms with Crippen molar-refractivity contribution in [3.63, 3.8) is 0 Å². The number of para-hydroxylation sites is 2. The van der Waals surface area contributed by atoms with Crippen molar-refractivity contribution in [2.24, 2.45) is 5.92 Å². The Hall–Kier alpha value is -4.26. The number of aromatic nitrogens is 1. The number of Topliss-reactive ketones (excluding diaryl/α,β-unsaturated/α-hetero) is 1. The lowest BCUT2D eigenvalue weighted by molar-refractivity contribution is -0.384. The molecule has 1 heterocycles. The largest absolute Gasteiger partial charge is 0.361 e. The van der Waals surface area contributed by atoms with Crippen LogP contribution in [0.3, 0.4) is 0 Å². The van der Waals surface area contributed by atoms with E-state index in [1.54, 1.807) is 17.0 Å². The number of ketones is 1. The summed E-state index contributed by atoms with van der Waals surface area (Å²) in [5.41, 5.74) is 2.95. The fourth-order valence-corrected chi connectivity index (χ4v) is 5.60. The quantitative estimate of drug-likeness (QED) is 0.195.